The Morgan fingerprint density at radius 1 is 1.20 bits per heavy atom. The molecule has 4 bridgehead atoms. The number of nitrogens with one attached hydrogen (secondary N) is 1. The molecule has 4 fully saturated rings. The van der Waals surface area contributed by atoms with Gasteiger partial charge in [0.05, 0.1) is 0 Å². The van der Waals surface area contributed by atoms with Gasteiger partial charge < -0.3 is 10.1 Å². The van der Waals surface area contributed by atoms with Crippen molar-refractivity contribution in [3.8, 4) is 0 Å². The van der Waals surface area contributed by atoms with Crippen LogP contribution in [0.4, 0.5) is 0 Å². The molecule has 0 aromatic heterocycles. The van der Waals surface area contributed by atoms with Gasteiger partial charge in [0.15, 0.2) is 0 Å². The summed E-state index contributed by atoms with van der Waals surface area (Å²) in [6, 6.07) is 0.683. The average molecular weight is 279 g/mol. The number of hydrogen-bond donors (Lipinski definition) is 1. The summed E-state index contributed by atoms with van der Waals surface area (Å²) in [7, 11) is 4.02. The van der Waals surface area contributed by atoms with Crippen molar-refractivity contribution in [1.29, 1.82) is 0 Å². The summed E-state index contributed by atoms with van der Waals surface area (Å²) in [6.45, 7) is 5.91. The minimum atomic E-state index is 0.584. The summed E-state index contributed by atoms with van der Waals surface area (Å²) in [5.41, 5.74) is 1.24. The molecule has 0 aliphatic heterocycles. The zero-order valence-corrected chi connectivity index (χ0v) is 13.9. The third-order valence-corrected chi connectivity index (χ3v) is 6.72. The van der Waals surface area contributed by atoms with Crippen LogP contribution in [-0.2, 0) is 4.74 Å². The quantitative estimate of drug-likeness (QED) is 0.797. The Morgan fingerprint density at radius 2 is 1.85 bits per heavy atom. The second-order valence-corrected chi connectivity index (χ2v) is 8.66. The maximum atomic E-state index is 5.32. The van der Waals surface area contributed by atoms with Crippen LogP contribution in [0.3, 0.4) is 0 Å². The fourth-order valence-electron chi connectivity index (χ4n) is 6.83. The summed E-state index contributed by atoms with van der Waals surface area (Å²) in [5, 5.41) is 3.73. The third kappa shape index (κ3) is 2.43. The molecule has 4 rings (SSSR count). The fraction of sp³-hybridized carbons (Fsp3) is 1.00. The molecule has 0 spiro atoms. The normalized spacial score (nSPS) is 45.6. The molecule has 0 amide bonds. The van der Waals surface area contributed by atoms with E-state index in [1.165, 1.54) is 44.9 Å². The SMILES string of the molecule is CNC(C(C)CCOC)C12CC3CC(CC(C)(C3)C1)C2. The highest BCUT2D eigenvalue weighted by Crippen LogP contribution is 2.66. The molecule has 4 atom stereocenters. The highest BCUT2D eigenvalue weighted by Gasteiger charge is 2.58. The first-order valence-corrected chi connectivity index (χ1v) is 8.66. The molecular formula is C18H33NO. The van der Waals surface area contributed by atoms with E-state index in [0.29, 0.717) is 16.9 Å². The van der Waals surface area contributed by atoms with E-state index >= 15 is 0 Å². The lowest BCUT2D eigenvalue weighted by atomic mass is 9.42. The predicted molar refractivity (Wildman–Crippen MR) is 83.7 cm³/mol. The molecule has 0 radical (unpaired) electrons. The molecular weight excluding hydrogens is 246 g/mol. The molecule has 4 unspecified atom stereocenters. The van der Waals surface area contributed by atoms with Crippen molar-refractivity contribution in [2.24, 2.45) is 28.6 Å². The second-order valence-electron chi connectivity index (χ2n) is 8.66. The summed E-state index contributed by atoms with van der Waals surface area (Å²) in [5.74, 6) is 2.76. The van der Waals surface area contributed by atoms with Gasteiger partial charge in [-0.25, -0.2) is 0 Å². The number of ether oxygens (including phenoxy) is 1. The molecule has 1 N–H and O–H groups in total. The summed E-state index contributed by atoms with van der Waals surface area (Å²) in [4.78, 5) is 0. The lowest BCUT2D eigenvalue weighted by Gasteiger charge is -2.64. The Balaban J connectivity index is 1.80. The maximum absolute atomic E-state index is 5.32. The summed E-state index contributed by atoms with van der Waals surface area (Å²) >= 11 is 0. The summed E-state index contributed by atoms with van der Waals surface area (Å²) in [6.07, 6.45) is 10.2. The van der Waals surface area contributed by atoms with Crippen LogP contribution in [0.15, 0.2) is 0 Å². The lowest BCUT2D eigenvalue weighted by molar-refractivity contribution is -0.125. The molecule has 4 aliphatic carbocycles. The van der Waals surface area contributed by atoms with Gasteiger partial charge in [0.2, 0.25) is 0 Å². The molecule has 0 aromatic rings. The third-order valence-electron chi connectivity index (χ3n) is 6.72. The zero-order chi connectivity index (χ0) is 14.4. The summed E-state index contributed by atoms with van der Waals surface area (Å²) < 4.78 is 5.32. The molecule has 2 nitrogen and oxygen atoms in total. The smallest absolute Gasteiger partial charge is 0.0465 e. The van der Waals surface area contributed by atoms with Crippen LogP contribution in [0.25, 0.3) is 0 Å². The van der Waals surface area contributed by atoms with Crippen molar-refractivity contribution in [3.63, 3.8) is 0 Å². The first kappa shape index (κ1) is 14.8. The van der Waals surface area contributed by atoms with E-state index in [1.54, 1.807) is 0 Å². The molecule has 0 heterocycles. The minimum absolute atomic E-state index is 0.584. The van der Waals surface area contributed by atoms with Crippen LogP contribution in [0.5, 0.6) is 0 Å². The van der Waals surface area contributed by atoms with Gasteiger partial charge in [-0.15, -0.1) is 0 Å². The van der Waals surface area contributed by atoms with Crippen molar-refractivity contribution < 1.29 is 4.74 Å². The molecule has 0 saturated heterocycles. The van der Waals surface area contributed by atoms with Crippen molar-refractivity contribution in [1.82, 2.24) is 5.32 Å². The van der Waals surface area contributed by atoms with Crippen LogP contribution in [0.1, 0.15) is 58.8 Å². The highest BCUT2D eigenvalue weighted by molar-refractivity contribution is 5.10. The van der Waals surface area contributed by atoms with Gasteiger partial charge in [0.1, 0.15) is 0 Å². The first-order chi connectivity index (χ1) is 9.50. The van der Waals surface area contributed by atoms with E-state index in [2.05, 4.69) is 26.2 Å². The van der Waals surface area contributed by atoms with Gasteiger partial charge in [-0.05, 0) is 80.6 Å². The van der Waals surface area contributed by atoms with Gasteiger partial charge >= 0.3 is 0 Å². The minimum Gasteiger partial charge on any atom is -0.385 e. The lowest BCUT2D eigenvalue weighted by Crippen LogP contribution is -2.59. The van der Waals surface area contributed by atoms with Crippen molar-refractivity contribution in [2.45, 2.75) is 64.8 Å². The molecule has 4 aliphatic rings. The zero-order valence-electron chi connectivity index (χ0n) is 13.9. The largest absolute Gasteiger partial charge is 0.385 e. The average Bonchev–Trinajstić information content (AvgIpc) is 2.33. The van der Waals surface area contributed by atoms with E-state index < -0.39 is 0 Å². The Morgan fingerprint density at radius 3 is 2.35 bits per heavy atom. The van der Waals surface area contributed by atoms with E-state index in [0.717, 1.165) is 24.4 Å². The van der Waals surface area contributed by atoms with Gasteiger partial charge in [-0.3, -0.25) is 0 Å². The first-order valence-electron chi connectivity index (χ1n) is 8.66. The molecule has 20 heavy (non-hydrogen) atoms. The van der Waals surface area contributed by atoms with Crippen molar-refractivity contribution >= 4 is 0 Å². The maximum Gasteiger partial charge on any atom is 0.0465 e. The predicted octanol–water partition coefficient (Wildman–Crippen LogP) is 3.85. The fourth-order valence-corrected chi connectivity index (χ4v) is 6.83. The number of methoxy groups -OCH3 is 1. The molecule has 116 valence electrons. The van der Waals surface area contributed by atoms with Crippen LogP contribution in [0.2, 0.25) is 0 Å². The van der Waals surface area contributed by atoms with Crippen molar-refractivity contribution in [2.75, 3.05) is 20.8 Å². The second kappa shape index (κ2) is 5.28. The van der Waals surface area contributed by atoms with Crippen LogP contribution in [0, 0.1) is 28.6 Å². The van der Waals surface area contributed by atoms with E-state index in [-0.39, 0.29) is 0 Å². The molecule has 0 aromatic carbocycles. The van der Waals surface area contributed by atoms with Gasteiger partial charge in [-0.2, -0.15) is 0 Å². The molecule has 2 heteroatoms. The topological polar surface area (TPSA) is 21.3 Å². The highest BCUT2D eigenvalue weighted by atomic mass is 16.5. The van der Waals surface area contributed by atoms with Crippen LogP contribution in [-0.4, -0.2) is 26.8 Å². The van der Waals surface area contributed by atoms with Gasteiger partial charge in [0, 0.05) is 19.8 Å². The van der Waals surface area contributed by atoms with Crippen LogP contribution >= 0.6 is 0 Å². The Kier molecular flexibility index (Phi) is 3.92. The Labute approximate surface area is 125 Å². The Hall–Kier alpha value is -0.0800. The van der Waals surface area contributed by atoms with Gasteiger partial charge in [-0.1, -0.05) is 13.8 Å². The standard InChI is InChI=1S/C18H33NO/c1-13(5-6-20-4)16(19-3)18-10-14-7-15(11-18)9-17(2,8-14)12-18/h13-16,19H,5-12H2,1-4H3. The Bertz CT molecular complexity index is 339. The van der Waals surface area contributed by atoms with Crippen LogP contribution < -0.4 is 5.32 Å². The van der Waals surface area contributed by atoms with E-state index in [4.69, 9.17) is 4.74 Å². The van der Waals surface area contributed by atoms with E-state index in [9.17, 15) is 0 Å². The van der Waals surface area contributed by atoms with Gasteiger partial charge in [0.25, 0.3) is 0 Å². The monoisotopic (exact) mass is 279 g/mol. The molecule has 4 saturated carbocycles. The number of rotatable bonds is 6. The van der Waals surface area contributed by atoms with E-state index in [1.807, 2.05) is 7.11 Å². The number of hydrogen-bond acceptors (Lipinski definition) is 2. The van der Waals surface area contributed by atoms with Crippen molar-refractivity contribution in [3.05, 3.63) is 0 Å².